The molecule has 4 rings (SSSR count). The number of nitrogens with one attached hydrogen (secondary N) is 1. The molecule has 1 aliphatic carbocycles. The van der Waals surface area contributed by atoms with Crippen molar-refractivity contribution in [3.8, 4) is 0 Å². The maximum Gasteiger partial charge on any atom is 0.408 e. The number of morpholine rings is 1. The fraction of sp³-hybridized carbons (Fsp3) is 0.583. The maximum absolute atomic E-state index is 13.2. The van der Waals surface area contributed by atoms with E-state index in [9.17, 15) is 14.4 Å². The summed E-state index contributed by atoms with van der Waals surface area (Å²) in [4.78, 5) is 44.9. The predicted octanol–water partition coefficient (Wildman–Crippen LogP) is 3.32. The molecular weight excluding hydrogens is 426 g/mol. The highest BCUT2D eigenvalue weighted by Gasteiger charge is 2.37. The molecule has 2 heterocycles. The van der Waals surface area contributed by atoms with Gasteiger partial charge in [0.1, 0.15) is 11.6 Å². The SMILES string of the molecule is CC[C@H](NC(=O)O[C@H](C(=O)N1CCOCC1)C1CCCCC1)C(=O)c1nc2ccccc2o1. The Morgan fingerprint density at radius 3 is 2.58 bits per heavy atom. The molecule has 1 aliphatic heterocycles. The van der Waals surface area contributed by atoms with Gasteiger partial charge in [0.15, 0.2) is 11.7 Å². The molecule has 33 heavy (non-hydrogen) atoms. The third kappa shape index (κ3) is 5.52. The van der Waals surface area contributed by atoms with Gasteiger partial charge in [-0.1, -0.05) is 38.3 Å². The van der Waals surface area contributed by atoms with Crippen LogP contribution in [0.2, 0.25) is 0 Å². The summed E-state index contributed by atoms with van der Waals surface area (Å²) in [7, 11) is 0. The summed E-state index contributed by atoms with van der Waals surface area (Å²) in [6.07, 6.45) is 3.52. The number of carbonyl (C=O) groups excluding carboxylic acids is 3. The van der Waals surface area contributed by atoms with E-state index >= 15 is 0 Å². The summed E-state index contributed by atoms with van der Waals surface area (Å²) in [5.41, 5.74) is 1.08. The van der Waals surface area contributed by atoms with Crippen molar-refractivity contribution in [1.82, 2.24) is 15.2 Å². The summed E-state index contributed by atoms with van der Waals surface area (Å²) in [5.74, 6) is -0.692. The molecule has 2 fully saturated rings. The van der Waals surface area contributed by atoms with Crippen LogP contribution in [0, 0.1) is 5.92 Å². The van der Waals surface area contributed by atoms with Crippen LogP contribution in [0.5, 0.6) is 0 Å². The highest BCUT2D eigenvalue weighted by molar-refractivity contribution is 5.99. The number of rotatable bonds is 7. The Labute approximate surface area is 192 Å². The van der Waals surface area contributed by atoms with Crippen LogP contribution in [0.1, 0.15) is 56.1 Å². The van der Waals surface area contributed by atoms with E-state index in [-0.39, 0.29) is 17.7 Å². The minimum absolute atomic E-state index is 0.0207. The van der Waals surface area contributed by atoms with E-state index in [1.165, 1.54) is 0 Å². The highest BCUT2D eigenvalue weighted by atomic mass is 16.6. The Morgan fingerprint density at radius 1 is 1.15 bits per heavy atom. The summed E-state index contributed by atoms with van der Waals surface area (Å²) >= 11 is 0. The first-order valence-electron chi connectivity index (χ1n) is 11.8. The molecule has 2 aliphatic rings. The molecule has 0 radical (unpaired) electrons. The van der Waals surface area contributed by atoms with Crippen LogP contribution in [0.3, 0.4) is 0 Å². The lowest BCUT2D eigenvalue weighted by Gasteiger charge is -2.34. The van der Waals surface area contributed by atoms with Gasteiger partial charge in [0.05, 0.1) is 13.2 Å². The van der Waals surface area contributed by atoms with Gasteiger partial charge in [0, 0.05) is 19.0 Å². The Hall–Kier alpha value is -2.94. The van der Waals surface area contributed by atoms with Crippen molar-refractivity contribution in [2.75, 3.05) is 26.3 Å². The number of ketones is 1. The third-order valence-corrected chi connectivity index (χ3v) is 6.40. The molecule has 1 aromatic heterocycles. The second-order valence-corrected chi connectivity index (χ2v) is 8.62. The van der Waals surface area contributed by atoms with Crippen molar-refractivity contribution in [3.05, 3.63) is 30.2 Å². The van der Waals surface area contributed by atoms with Crippen LogP contribution in [-0.4, -0.2) is 66.1 Å². The topological polar surface area (TPSA) is 111 Å². The first-order valence-corrected chi connectivity index (χ1v) is 11.8. The number of benzene rings is 1. The molecule has 0 unspecified atom stereocenters. The lowest BCUT2D eigenvalue weighted by atomic mass is 9.84. The monoisotopic (exact) mass is 457 g/mol. The lowest BCUT2D eigenvalue weighted by molar-refractivity contribution is -0.148. The van der Waals surface area contributed by atoms with Crippen LogP contribution in [0.4, 0.5) is 4.79 Å². The number of Topliss-reactive ketones (excluding diaryl/α,β-unsaturated/α-hetero) is 1. The quantitative estimate of drug-likeness (QED) is 0.635. The number of amides is 2. The number of hydrogen-bond acceptors (Lipinski definition) is 7. The number of para-hydroxylation sites is 2. The van der Waals surface area contributed by atoms with Gasteiger partial charge < -0.3 is 24.1 Å². The fourth-order valence-electron chi connectivity index (χ4n) is 4.52. The predicted molar refractivity (Wildman–Crippen MR) is 120 cm³/mol. The first kappa shape index (κ1) is 23.2. The number of carbonyl (C=O) groups is 3. The number of oxazole rings is 1. The van der Waals surface area contributed by atoms with Crippen molar-refractivity contribution in [3.63, 3.8) is 0 Å². The Bertz CT molecular complexity index is 944. The fourth-order valence-corrected chi connectivity index (χ4v) is 4.52. The number of hydrogen-bond donors (Lipinski definition) is 1. The van der Waals surface area contributed by atoms with Crippen molar-refractivity contribution < 1.29 is 28.3 Å². The molecule has 1 saturated heterocycles. The van der Waals surface area contributed by atoms with Gasteiger partial charge in [-0.25, -0.2) is 9.78 Å². The normalized spacial score (nSPS) is 19.1. The first-order chi connectivity index (χ1) is 16.1. The number of aromatic nitrogens is 1. The molecule has 1 saturated carbocycles. The second kappa shape index (κ2) is 10.8. The zero-order valence-electron chi connectivity index (χ0n) is 19.0. The second-order valence-electron chi connectivity index (χ2n) is 8.62. The van der Waals surface area contributed by atoms with Gasteiger partial charge in [0.2, 0.25) is 5.78 Å². The van der Waals surface area contributed by atoms with E-state index in [2.05, 4.69) is 10.3 Å². The minimum Gasteiger partial charge on any atom is -0.436 e. The molecule has 0 spiro atoms. The molecule has 0 bridgehead atoms. The molecule has 1 aromatic carbocycles. The zero-order valence-corrected chi connectivity index (χ0v) is 19.0. The van der Waals surface area contributed by atoms with Crippen LogP contribution < -0.4 is 5.32 Å². The molecule has 178 valence electrons. The van der Waals surface area contributed by atoms with Gasteiger partial charge in [-0.05, 0) is 31.4 Å². The molecule has 1 N–H and O–H groups in total. The molecular formula is C24H31N3O6. The van der Waals surface area contributed by atoms with E-state index in [0.29, 0.717) is 43.8 Å². The van der Waals surface area contributed by atoms with Crippen molar-refractivity contribution >= 4 is 28.9 Å². The van der Waals surface area contributed by atoms with E-state index < -0.39 is 24.0 Å². The zero-order chi connectivity index (χ0) is 23.2. The highest BCUT2D eigenvalue weighted by Crippen LogP contribution is 2.29. The summed E-state index contributed by atoms with van der Waals surface area (Å²) < 4.78 is 16.6. The summed E-state index contributed by atoms with van der Waals surface area (Å²) in [5, 5.41) is 2.63. The summed E-state index contributed by atoms with van der Waals surface area (Å²) in [6.45, 7) is 3.71. The van der Waals surface area contributed by atoms with Crippen LogP contribution in [0.15, 0.2) is 28.7 Å². The Morgan fingerprint density at radius 2 is 1.88 bits per heavy atom. The smallest absolute Gasteiger partial charge is 0.408 e. The third-order valence-electron chi connectivity index (χ3n) is 6.40. The minimum atomic E-state index is -0.865. The number of nitrogens with zero attached hydrogens (tertiary/aromatic N) is 2. The number of alkyl carbamates (subject to hydrolysis) is 1. The van der Waals surface area contributed by atoms with Crippen LogP contribution >= 0.6 is 0 Å². The largest absolute Gasteiger partial charge is 0.436 e. The van der Waals surface area contributed by atoms with E-state index in [4.69, 9.17) is 13.9 Å². The van der Waals surface area contributed by atoms with Gasteiger partial charge in [-0.3, -0.25) is 9.59 Å². The molecule has 2 amide bonds. The van der Waals surface area contributed by atoms with Crippen molar-refractivity contribution in [2.24, 2.45) is 5.92 Å². The van der Waals surface area contributed by atoms with Crippen LogP contribution in [0.25, 0.3) is 11.1 Å². The van der Waals surface area contributed by atoms with E-state index in [1.54, 1.807) is 30.0 Å². The standard InChI is InChI=1S/C24H31N3O6/c1-2-17(20(28)22-25-18-10-6-7-11-19(18)32-22)26-24(30)33-21(16-8-4-3-5-9-16)23(29)27-12-14-31-15-13-27/h6-7,10-11,16-17,21H,2-5,8-9,12-15H2,1H3,(H,26,30)/t17-,21-/m0/s1. The van der Waals surface area contributed by atoms with E-state index in [0.717, 1.165) is 32.1 Å². The maximum atomic E-state index is 13.2. The van der Waals surface area contributed by atoms with Gasteiger partial charge >= 0.3 is 6.09 Å². The van der Waals surface area contributed by atoms with Crippen LogP contribution in [-0.2, 0) is 14.3 Å². The lowest BCUT2D eigenvalue weighted by Crippen LogP contribution is -2.51. The summed E-state index contributed by atoms with van der Waals surface area (Å²) in [6, 6.07) is 6.23. The van der Waals surface area contributed by atoms with Gasteiger partial charge in [-0.15, -0.1) is 0 Å². The average Bonchev–Trinajstić information content (AvgIpc) is 3.30. The van der Waals surface area contributed by atoms with Gasteiger partial charge in [0.25, 0.3) is 11.8 Å². The van der Waals surface area contributed by atoms with Gasteiger partial charge in [-0.2, -0.15) is 0 Å². The number of fused-ring (bicyclic) bond motifs is 1. The molecule has 9 heteroatoms. The Balaban J connectivity index is 1.44. The number of ether oxygens (including phenoxy) is 2. The van der Waals surface area contributed by atoms with E-state index in [1.807, 2.05) is 6.07 Å². The average molecular weight is 458 g/mol. The Kier molecular flexibility index (Phi) is 7.59. The van der Waals surface area contributed by atoms with Crippen molar-refractivity contribution in [1.29, 1.82) is 0 Å². The molecule has 9 nitrogen and oxygen atoms in total. The molecule has 2 aromatic rings. The molecule has 2 atom stereocenters. The van der Waals surface area contributed by atoms with Crippen molar-refractivity contribution in [2.45, 2.75) is 57.6 Å².